The third-order valence-corrected chi connectivity index (χ3v) is 7.76. The van der Waals surface area contributed by atoms with Crippen molar-refractivity contribution in [2.24, 2.45) is 0 Å². The second kappa shape index (κ2) is 10.0. The first-order valence-electron chi connectivity index (χ1n) is 10.8. The van der Waals surface area contributed by atoms with Gasteiger partial charge in [0.15, 0.2) is 0 Å². The summed E-state index contributed by atoms with van der Waals surface area (Å²) in [5.74, 6) is -0.951. The van der Waals surface area contributed by atoms with E-state index in [1.807, 2.05) is 0 Å². The number of fused-ring (bicyclic) bond motifs is 1. The lowest BCUT2D eigenvalue weighted by atomic mass is 10.1. The molecule has 176 valence electrons. The van der Waals surface area contributed by atoms with Crippen LogP contribution in [0, 0.1) is 0 Å². The molecule has 1 aliphatic rings. The molecule has 0 unspecified atom stereocenters. The fourth-order valence-electron chi connectivity index (χ4n) is 4.10. The Bertz CT molecular complexity index is 1230. The summed E-state index contributed by atoms with van der Waals surface area (Å²) in [5.41, 5.74) is 2.46. The number of carbonyl (C=O) groups is 1. The molecule has 1 N–H and O–H groups in total. The van der Waals surface area contributed by atoms with Crippen molar-refractivity contribution >= 4 is 21.5 Å². The van der Waals surface area contributed by atoms with Crippen LogP contribution in [0.5, 0.6) is 0 Å². The summed E-state index contributed by atoms with van der Waals surface area (Å²) < 4.78 is 40.9. The zero-order valence-corrected chi connectivity index (χ0v) is 19.2. The summed E-state index contributed by atoms with van der Waals surface area (Å²) in [5, 5.41) is 13.4. The minimum Gasteiger partial charge on any atom is -0.481 e. The van der Waals surface area contributed by atoms with Gasteiger partial charge in [0.2, 0.25) is 10.0 Å². The molecule has 9 nitrogen and oxygen atoms in total. The number of hydrogen-bond acceptors (Lipinski definition) is 6. The molecule has 0 bridgehead atoms. The van der Waals surface area contributed by atoms with Gasteiger partial charge in [0.25, 0.3) is 0 Å². The van der Waals surface area contributed by atoms with Gasteiger partial charge in [-0.25, -0.2) is 12.9 Å². The van der Waals surface area contributed by atoms with Crippen LogP contribution in [0.1, 0.15) is 18.4 Å². The molecule has 3 aromatic rings. The Morgan fingerprint density at radius 2 is 1.94 bits per heavy atom. The van der Waals surface area contributed by atoms with E-state index < -0.39 is 16.0 Å². The zero-order chi connectivity index (χ0) is 23.4. The van der Waals surface area contributed by atoms with Gasteiger partial charge in [-0.1, -0.05) is 18.2 Å². The summed E-state index contributed by atoms with van der Waals surface area (Å²) in [7, 11) is -2.10. The Hall–Kier alpha value is -2.79. The van der Waals surface area contributed by atoms with Crippen LogP contribution in [0.4, 0.5) is 0 Å². The molecule has 0 spiro atoms. The van der Waals surface area contributed by atoms with E-state index in [4.69, 9.17) is 14.6 Å². The van der Waals surface area contributed by atoms with E-state index in [-0.39, 0.29) is 17.4 Å². The Balaban J connectivity index is 1.61. The molecule has 2 aromatic heterocycles. The van der Waals surface area contributed by atoms with Crippen molar-refractivity contribution < 1.29 is 27.8 Å². The van der Waals surface area contributed by atoms with Gasteiger partial charge in [-0.05, 0) is 36.6 Å². The molecule has 1 aliphatic heterocycles. The maximum absolute atomic E-state index is 13.5. The molecule has 1 saturated heterocycles. The van der Waals surface area contributed by atoms with Crippen molar-refractivity contribution in [2.75, 3.05) is 33.4 Å². The number of ether oxygens (including phenoxy) is 2. The topological polar surface area (TPSA) is 110 Å². The molecule has 4 rings (SSSR count). The average molecular weight is 474 g/mol. The van der Waals surface area contributed by atoms with E-state index >= 15 is 0 Å². The summed E-state index contributed by atoms with van der Waals surface area (Å²) in [4.78, 5) is 11.4. The van der Waals surface area contributed by atoms with E-state index in [0.29, 0.717) is 61.4 Å². The van der Waals surface area contributed by atoms with E-state index in [2.05, 4.69) is 5.10 Å². The lowest BCUT2D eigenvalue weighted by Crippen LogP contribution is -2.41. The van der Waals surface area contributed by atoms with Gasteiger partial charge >= 0.3 is 5.97 Å². The minimum atomic E-state index is -3.72. The van der Waals surface area contributed by atoms with Gasteiger partial charge in [-0.15, -0.1) is 0 Å². The lowest BCUT2D eigenvalue weighted by Gasteiger charge is -2.31. The molecule has 0 aliphatic carbocycles. The molecule has 1 aromatic carbocycles. The summed E-state index contributed by atoms with van der Waals surface area (Å²) in [6.07, 6.45) is 4.36. The third kappa shape index (κ3) is 5.09. The zero-order valence-electron chi connectivity index (χ0n) is 18.4. The minimum absolute atomic E-state index is 0.0266. The van der Waals surface area contributed by atoms with Crippen LogP contribution >= 0.6 is 0 Å². The average Bonchev–Trinajstić information content (AvgIpc) is 3.21. The number of nitrogens with zero attached hydrogens (tertiary/aromatic N) is 3. The Morgan fingerprint density at radius 1 is 1.18 bits per heavy atom. The van der Waals surface area contributed by atoms with Crippen molar-refractivity contribution in [3.63, 3.8) is 0 Å². The summed E-state index contributed by atoms with van der Waals surface area (Å²) in [6, 6.07) is 10.5. The number of carboxylic acid groups (broad SMARTS) is 1. The maximum atomic E-state index is 13.5. The molecule has 0 saturated carbocycles. The van der Waals surface area contributed by atoms with Crippen molar-refractivity contribution in [1.82, 2.24) is 13.9 Å². The predicted molar refractivity (Wildman–Crippen MR) is 122 cm³/mol. The van der Waals surface area contributed by atoms with Crippen LogP contribution in [-0.2, 0) is 30.7 Å². The SMILES string of the molecule is COCCOC1CCN(S(=O)(=O)c2ccccc2-c2ccn3ncc(CC(=O)O)c3c2)CC1. The fraction of sp³-hybridized carbons (Fsp3) is 0.391. The monoisotopic (exact) mass is 473 g/mol. The molecule has 33 heavy (non-hydrogen) atoms. The Labute approximate surface area is 192 Å². The highest BCUT2D eigenvalue weighted by atomic mass is 32.2. The molecule has 0 radical (unpaired) electrons. The molecule has 0 amide bonds. The van der Waals surface area contributed by atoms with Crippen LogP contribution in [0.15, 0.2) is 53.7 Å². The molecular formula is C23H27N3O6S. The van der Waals surface area contributed by atoms with Gasteiger partial charge in [-0.3, -0.25) is 4.79 Å². The van der Waals surface area contributed by atoms with E-state index in [9.17, 15) is 13.2 Å². The summed E-state index contributed by atoms with van der Waals surface area (Å²) >= 11 is 0. The number of sulfonamides is 1. The van der Waals surface area contributed by atoms with Crippen LogP contribution in [0.25, 0.3) is 16.6 Å². The quantitative estimate of drug-likeness (QED) is 0.475. The van der Waals surface area contributed by atoms with Crippen molar-refractivity contribution in [3.05, 3.63) is 54.4 Å². The number of benzene rings is 1. The number of aromatic nitrogens is 2. The van der Waals surface area contributed by atoms with Gasteiger partial charge in [-0.2, -0.15) is 9.40 Å². The number of methoxy groups -OCH3 is 1. The molecular weight excluding hydrogens is 446 g/mol. The molecule has 3 heterocycles. The number of rotatable bonds is 9. The first-order chi connectivity index (χ1) is 15.9. The number of pyridine rings is 1. The lowest BCUT2D eigenvalue weighted by molar-refractivity contribution is -0.136. The number of carboxylic acids is 1. The second-order valence-corrected chi connectivity index (χ2v) is 9.86. The van der Waals surface area contributed by atoms with Crippen molar-refractivity contribution in [2.45, 2.75) is 30.3 Å². The van der Waals surface area contributed by atoms with Crippen LogP contribution in [0.3, 0.4) is 0 Å². The maximum Gasteiger partial charge on any atom is 0.307 e. The fourth-order valence-corrected chi connectivity index (χ4v) is 5.79. The van der Waals surface area contributed by atoms with Crippen LogP contribution in [-0.4, -0.2) is 72.9 Å². The first kappa shape index (κ1) is 23.4. The number of hydrogen-bond donors (Lipinski definition) is 1. The Morgan fingerprint density at radius 3 is 2.67 bits per heavy atom. The third-order valence-electron chi connectivity index (χ3n) is 5.80. The van der Waals surface area contributed by atoms with Gasteiger partial charge < -0.3 is 14.6 Å². The predicted octanol–water partition coefficient (Wildman–Crippen LogP) is 2.44. The van der Waals surface area contributed by atoms with Crippen molar-refractivity contribution in [1.29, 1.82) is 0 Å². The highest BCUT2D eigenvalue weighted by Crippen LogP contribution is 2.32. The molecule has 1 fully saturated rings. The number of piperidine rings is 1. The number of aliphatic carboxylic acids is 1. The van der Waals surface area contributed by atoms with Gasteiger partial charge in [0, 0.05) is 37.5 Å². The largest absolute Gasteiger partial charge is 0.481 e. The smallest absolute Gasteiger partial charge is 0.307 e. The highest BCUT2D eigenvalue weighted by molar-refractivity contribution is 7.89. The summed E-state index contributed by atoms with van der Waals surface area (Å²) in [6.45, 7) is 1.79. The normalized spacial score (nSPS) is 15.8. The standard InChI is InChI=1S/C23H27N3O6S/c1-31-12-13-32-19-7-9-25(10-8-19)33(29,30)22-5-3-2-4-20(22)17-6-11-26-21(14-17)18(16-24-26)15-23(27)28/h2-6,11,14,16,19H,7-10,12-13,15H2,1H3,(H,27,28). The van der Waals surface area contributed by atoms with Gasteiger partial charge in [0.1, 0.15) is 0 Å². The highest BCUT2D eigenvalue weighted by Gasteiger charge is 2.31. The molecule has 10 heteroatoms. The van der Waals surface area contributed by atoms with Gasteiger partial charge in [0.05, 0.1) is 42.3 Å². The first-order valence-corrected chi connectivity index (χ1v) is 12.2. The second-order valence-electron chi connectivity index (χ2n) is 7.95. The van der Waals surface area contributed by atoms with E-state index in [0.717, 1.165) is 0 Å². The molecule has 0 atom stereocenters. The van der Waals surface area contributed by atoms with E-state index in [1.165, 1.54) is 10.5 Å². The van der Waals surface area contributed by atoms with Crippen LogP contribution in [0.2, 0.25) is 0 Å². The van der Waals surface area contributed by atoms with Crippen molar-refractivity contribution in [3.8, 4) is 11.1 Å². The van der Waals surface area contributed by atoms with Crippen LogP contribution < -0.4 is 0 Å². The van der Waals surface area contributed by atoms with E-state index in [1.54, 1.807) is 54.2 Å². The Kier molecular flexibility index (Phi) is 7.08.